The molecule has 0 bridgehead atoms. The van der Waals surface area contributed by atoms with Gasteiger partial charge in [-0.1, -0.05) is 23.7 Å². The van der Waals surface area contributed by atoms with Crippen LogP contribution in [0.4, 0.5) is 0 Å². The predicted octanol–water partition coefficient (Wildman–Crippen LogP) is 3.13. The fraction of sp³-hybridized carbons (Fsp3) is 0.250. The van der Waals surface area contributed by atoms with E-state index in [0.29, 0.717) is 0 Å². The lowest BCUT2D eigenvalue weighted by atomic mass is 10.1. The van der Waals surface area contributed by atoms with E-state index in [1.807, 2.05) is 23.7 Å². The Bertz CT molecular complexity index is 411. The summed E-state index contributed by atoms with van der Waals surface area (Å²) in [5.41, 5.74) is 1.30. The normalized spacial score (nSPS) is 10.6. The first kappa shape index (κ1) is 11.6. The van der Waals surface area contributed by atoms with Crippen LogP contribution in [0, 0.1) is 0 Å². The number of rotatable bonds is 5. The lowest BCUT2D eigenvalue weighted by Gasteiger charge is -2.03. The Morgan fingerprint density at radius 2 is 2.06 bits per heavy atom. The standard InChI is InChI=1S/C12H13ClN2S/c13-11-3-1-10(2-4-11)5-6-14-9-12-15-7-8-16-12/h1-4,7-8,14H,5-6,9H2. The van der Waals surface area contributed by atoms with Crippen molar-refractivity contribution in [2.75, 3.05) is 6.54 Å². The molecule has 0 radical (unpaired) electrons. The minimum Gasteiger partial charge on any atom is -0.310 e. The molecule has 2 aromatic rings. The number of hydrogen-bond acceptors (Lipinski definition) is 3. The lowest BCUT2D eigenvalue weighted by molar-refractivity contribution is 0.684. The Labute approximate surface area is 104 Å². The zero-order valence-electron chi connectivity index (χ0n) is 8.82. The molecule has 0 spiro atoms. The first-order valence-electron chi connectivity index (χ1n) is 5.18. The second-order valence-corrected chi connectivity index (χ2v) is 4.89. The van der Waals surface area contributed by atoms with Gasteiger partial charge in [-0.15, -0.1) is 11.3 Å². The molecule has 0 aliphatic rings. The van der Waals surface area contributed by atoms with E-state index in [1.54, 1.807) is 11.3 Å². The summed E-state index contributed by atoms with van der Waals surface area (Å²) in [5.74, 6) is 0. The van der Waals surface area contributed by atoms with E-state index in [9.17, 15) is 0 Å². The van der Waals surface area contributed by atoms with E-state index in [1.165, 1.54) is 5.56 Å². The van der Waals surface area contributed by atoms with Crippen molar-refractivity contribution >= 4 is 22.9 Å². The SMILES string of the molecule is Clc1ccc(CCNCc2nccs2)cc1. The van der Waals surface area contributed by atoms with E-state index in [4.69, 9.17) is 11.6 Å². The highest BCUT2D eigenvalue weighted by molar-refractivity contribution is 7.09. The van der Waals surface area contributed by atoms with Crippen molar-refractivity contribution in [2.45, 2.75) is 13.0 Å². The summed E-state index contributed by atoms with van der Waals surface area (Å²) in [6.45, 7) is 1.81. The van der Waals surface area contributed by atoms with Gasteiger partial charge in [0.15, 0.2) is 0 Å². The van der Waals surface area contributed by atoms with Gasteiger partial charge in [-0.3, -0.25) is 0 Å². The molecular formula is C12H13ClN2S. The molecule has 0 saturated carbocycles. The third-order valence-electron chi connectivity index (χ3n) is 2.26. The van der Waals surface area contributed by atoms with Gasteiger partial charge in [0, 0.05) is 23.1 Å². The third kappa shape index (κ3) is 3.59. The molecule has 84 valence electrons. The van der Waals surface area contributed by atoms with Crippen LogP contribution in [0.25, 0.3) is 0 Å². The van der Waals surface area contributed by atoms with Gasteiger partial charge in [-0.05, 0) is 30.7 Å². The van der Waals surface area contributed by atoms with Crippen LogP contribution in [0.15, 0.2) is 35.8 Å². The molecule has 0 aliphatic carbocycles. The number of halogens is 1. The minimum atomic E-state index is 0.791. The molecule has 0 saturated heterocycles. The Morgan fingerprint density at radius 1 is 1.25 bits per heavy atom. The van der Waals surface area contributed by atoms with Gasteiger partial charge in [0.1, 0.15) is 5.01 Å². The number of thiazole rings is 1. The summed E-state index contributed by atoms with van der Waals surface area (Å²) in [6.07, 6.45) is 2.85. The van der Waals surface area contributed by atoms with Crippen molar-refractivity contribution in [1.29, 1.82) is 0 Å². The van der Waals surface area contributed by atoms with E-state index >= 15 is 0 Å². The Balaban J connectivity index is 1.70. The first-order chi connectivity index (χ1) is 7.84. The summed E-state index contributed by atoms with van der Waals surface area (Å²) in [6, 6.07) is 7.98. The first-order valence-corrected chi connectivity index (χ1v) is 6.44. The van der Waals surface area contributed by atoms with Crippen LogP contribution in [-0.4, -0.2) is 11.5 Å². The Kier molecular flexibility index (Phi) is 4.34. The summed E-state index contributed by atoms with van der Waals surface area (Å²) in [4.78, 5) is 4.21. The molecule has 2 rings (SSSR count). The molecule has 16 heavy (non-hydrogen) atoms. The Morgan fingerprint density at radius 3 is 2.75 bits per heavy atom. The summed E-state index contributed by atoms with van der Waals surface area (Å²) >= 11 is 7.50. The van der Waals surface area contributed by atoms with E-state index in [-0.39, 0.29) is 0 Å². The van der Waals surface area contributed by atoms with Gasteiger partial charge in [0.05, 0.1) is 0 Å². The molecule has 1 N–H and O–H groups in total. The molecule has 4 heteroatoms. The maximum Gasteiger partial charge on any atom is 0.106 e. The van der Waals surface area contributed by atoms with Crippen LogP contribution in [-0.2, 0) is 13.0 Å². The topological polar surface area (TPSA) is 24.9 Å². The number of benzene rings is 1. The highest BCUT2D eigenvalue weighted by atomic mass is 35.5. The van der Waals surface area contributed by atoms with Crippen LogP contribution >= 0.6 is 22.9 Å². The van der Waals surface area contributed by atoms with Crippen LogP contribution in [0.1, 0.15) is 10.6 Å². The van der Waals surface area contributed by atoms with Gasteiger partial charge in [0.2, 0.25) is 0 Å². The Hall–Kier alpha value is -0.900. The second-order valence-electron chi connectivity index (χ2n) is 3.48. The molecule has 2 nitrogen and oxygen atoms in total. The number of nitrogens with one attached hydrogen (secondary N) is 1. The van der Waals surface area contributed by atoms with Crippen LogP contribution < -0.4 is 5.32 Å². The highest BCUT2D eigenvalue weighted by Gasteiger charge is 1.96. The number of aromatic nitrogens is 1. The highest BCUT2D eigenvalue weighted by Crippen LogP contribution is 2.09. The minimum absolute atomic E-state index is 0.791. The molecule has 0 amide bonds. The monoisotopic (exact) mass is 252 g/mol. The number of hydrogen-bond donors (Lipinski definition) is 1. The zero-order valence-corrected chi connectivity index (χ0v) is 10.4. The zero-order chi connectivity index (χ0) is 11.2. The third-order valence-corrected chi connectivity index (χ3v) is 3.29. The fourth-order valence-electron chi connectivity index (χ4n) is 1.42. The number of nitrogens with zero attached hydrogens (tertiary/aromatic N) is 1. The van der Waals surface area contributed by atoms with Gasteiger partial charge < -0.3 is 5.32 Å². The molecule has 0 fully saturated rings. The summed E-state index contributed by atoms with van der Waals surface area (Å²) in [7, 11) is 0. The average Bonchev–Trinajstić information content (AvgIpc) is 2.80. The average molecular weight is 253 g/mol. The molecule has 0 atom stereocenters. The smallest absolute Gasteiger partial charge is 0.106 e. The van der Waals surface area contributed by atoms with Crippen LogP contribution in [0.2, 0.25) is 5.02 Å². The van der Waals surface area contributed by atoms with Crippen LogP contribution in [0.5, 0.6) is 0 Å². The van der Waals surface area contributed by atoms with Crippen molar-refractivity contribution in [2.24, 2.45) is 0 Å². The molecule has 0 aliphatic heterocycles. The van der Waals surface area contributed by atoms with Crippen molar-refractivity contribution in [3.8, 4) is 0 Å². The second kappa shape index (κ2) is 5.99. The quantitative estimate of drug-likeness (QED) is 0.827. The molecule has 1 aromatic heterocycles. The van der Waals surface area contributed by atoms with Crippen molar-refractivity contribution in [1.82, 2.24) is 10.3 Å². The van der Waals surface area contributed by atoms with E-state index < -0.39 is 0 Å². The van der Waals surface area contributed by atoms with E-state index in [2.05, 4.69) is 22.4 Å². The van der Waals surface area contributed by atoms with Gasteiger partial charge >= 0.3 is 0 Å². The van der Waals surface area contributed by atoms with Crippen LogP contribution in [0.3, 0.4) is 0 Å². The molecule has 0 unspecified atom stereocenters. The van der Waals surface area contributed by atoms with Crippen molar-refractivity contribution < 1.29 is 0 Å². The largest absolute Gasteiger partial charge is 0.310 e. The maximum atomic E-state index is 5.82. The molecule has 1 aromatic carbocycles. The molecular weight excluding hydrogens is 240 g/mol. The van der Waals surface area contributed by atoms with Crippen molar-refractivity contribution in [3.63, 3.8) is 0 Å². The van der Waals surface area contributed by atoms with E-state index in [0.717, 1.165) is 29.5 Å². The molecule has 1 heterocycles. The van der Waals surface area contributed by atoms with Gasteiger partial charge in [-0.2, -0.15) is 0 Å². The summed E-state index contributed by atoms with van der Waals surface area (Å²) < 4.78 is 0. The van der Waals surface area contributed by atoms with Crippen molar-refractivity contribution in [3.05, 3.63) is 51.4 Å². The maximum absolute atomic E-state index is 5.82. The van der Waals surface area contributed by atoms with Gasteiger partial charge in [0.25, 0.3) is 0 Å². The lowest BCUT2D eigenvalue weighted by Crippen LogP contribution is -2.16. The summed E-state index contributed by atoms with van der Waals surface area (Å²) in [5, 5.41) is 7.29. The predicted molar refractivity (Wildman–Crippen MR) is 69.0 cm³/mol. The van der Waals surface area contributed by atoms with Gasteiger partial charge in [-0.25, -0.2) is 4.98 Å². The fourth-order valence-corrected chi connectivity index (χ4v) is 2.13.